The van der Waals surface area contributed by atoms with E-state index in [4.69, 9.17) is 0 Å². The van der Waals surface area contributed by atoms with Crippen LogP contribution in [0.4, 0.5) is 0 Å². The molecule has 0 aromatic carbocycles. The van der Waals surface area contributed by atoms with E-state index in [0.717, 1.165) is 45.2 Å². The van der Waals surface area contributed by atoms with Crippen molar-refractivity contribution in [3.8, 4) is 6.07 Å². The van der Waals surface area contributed by atoms with E-state index in [1.54, 1.807) is 0 Å². The molecule has 2 rings (SSSR count). The summed E-state index contributed by atoms with van der Waals surface area (Å²) in [5, 5.41) is 9.57. The molecule has 1 heterocycles. The first-order chi connectivity index (χ1) is 9.22. The molecule has 0 aromatic heterocycles. The lowest BCUT2D eigenvalue weighted by Gasteiger charge is -2.29. The molecule has 0 spiro atoms. The van der Waals surface area contributed by atoms with Crippen molar-refractivity contribution in [1.82, 2.24) is 4.90 Å². The first-order valence-corrected chi connectivity index (χ1v) is 7.92. The van der Waals surface area contributed by atoms with Crippen LogP contribution in [-0.2, 0) is 4.79 Å². The zero-order valence-electron chi connectivity index (χ0n) is 12.2. The Morgan fingerprint density at radius 3 is 2.58 bits per heavy atom. The van der Waals surface area contributed by atoms with Gasteiger partial charge in [-0.2, -0.15) is 5.26 Å². The number of hydrogen-bond donors (Lipinski definition) is 0. The number of nitrogens with zero attached hydrogens (tertiary/aromatic N) is 2. The fourth-order valence-electron chi connectivity index (χ4n) is 3.67. The van der Waals surface area contributed by atoms with Crippen LogP contribution in [0.3, 0.4) is 0 Å². The highest BCUT2D eigenvalue weighted by Gasteiger charge is 2.43. The Kier molecular flexibility index (Phi) is 4.85. The molecule has 2 aliphatic rings. The van der Waals surface area contributed by atoms with Gasteiger partial charge in [0.15, 0.2) is 0 Å². The zero-order valence-corrected chi connectivity index (χ0v) is 12.2. The van der Waals surface area contributed by atoms with Gasteiger partial charge in [0.2, 0.25) is 5.91 Å². The average molecular weight is 262 g/mol. The Morgan fingerprint density at radius 1 is 1.32 bits per heavy atom. The number of nitriles is 1. The second-order valence-corrected chi connectivity index (χ2v) is 6.30. The van der Waals surface area contributed by atoms with Gasteiger partial charge in [-0.3, -0.25) is 4.79 Å². The Morgan fingerprint density at radius 2 is 2.00 bits per heavy atom. The van der Waals surface area contributed by atoms with Crippen LogP contribution in [0.2, 0.25) is 0 Å². The first-order valence-electron chi connectivity index (χ1n) is 7.92. The van der Waals surface area contributed by atoms with Crippen molar-refractivity contribution in [2.24, 2.45) is 11.3 Å². The van der Waals surface area contributed by atoms with Crippen molar-refractivity contribution in [2.75, 3.05) is 13.1 Å². The molecule has 1 saturated heterocycles. The van der Waals surface area contributed by atoms with Gasteiger partial charge < -0.3 is 4.90 Å². The molecule has 3 nitrogen and oxygen atoms in total. The summed E-state index contributed by atoms with van der Waals surface area (Å²) >= 11 is 0. The molecule has 0 N–H and O–H groups in total. The van der Waals surface area contributed by atoms with E-state index in [-0.39, 0.29) is 5.91 Å². The predicted molar refractivity (Wildman–Crippen MR) is 75.3 cm³/mol. The third-order valence-corrected chi connectivity index (χ3v) is 4.85. The summed E-state index contributed by atoms with van der Waals surface area (Å²) in [4.78, 5) is 14.7. The fraction of sp³-hybridized carbons (Fsp3) is 0.875. The normalized spacial score (nSPS) is 26.7. The summed E-state index contributed by atoms with van der Waals surface area (Å²) in [6, 6.07) is 2.39. The standard InChI is InChI=1S/C16H26N2O/c1-2-7-14-8-11-18(12-14)15(19)16(13-17)9-5-3-4-6-10-16/h14H,2-12H2,1H3. The van der Waals surface area contributed by atoms with Gasteiger partial charge in [0.05, 0.1) is 6.07 Å². The van der Waals surface area contributed by atoms with Gasteiger partial charge in [-0.15, -0.1) is 0 Å². The summed E-state index contributed by atoms with van der Waals surface area (Å²) in [7, 11) is 0. The van der Waals surface area contributed by atoms with Gasteiger partial charge in [-0.1, -0.05) is 39.0 Å². The van der Waals surface area contributed by atoms with Crippen molar-refractivity contribution in [2.45, 2.75) is 64.7 Å². The van der Waals surface area contributed by atoms with E-state index in [1.165, 1.54) is 25.7 Å². The Balaban J connectivity index is 2.03. The minimum absolute atomic E-state index is 0.135. The Bertz CT molecular complexity index is 350. The largest absolute Gasteiger partial charge is 0.341 e. The summed E-state index contributed by atoms with van der Waals surface area (Å²) in [5.41, 5.74) is -0.697. The maximum Gasteiger partial charge on any atom is 0.243 e. The van der Waals surface area contributed by atoms with Gasteiger partial charge in [-0.05, 0) is 31.6 Å². The SMILES string of the molecule is CCCC1CCN(C(=O)C2(C#N)CCCCCC2)C1. The molecular formula is C16H26N2O. The van der Waals surface area contributed by atoms with Gasteiger partial charge in [-0.25, -0.2) is 0 Å². The van der Waals surface area contributed by atoms with Gasteiger partial charge >= 0.3 is 0 Å². The van der Waals surface area contributed by atoms with Crippen LogP contribution in [0.1, 0.15) is 64.7 Å². The van der Waals surface area contributed by atoms with Crippen LogP contribution in [0.15, 0.2) is 0 Å². The Hall–Kier alpha value is -1.04. The topological polar surface area (TPSA) is 44.1 Å². The molecular weight excluding hydrogens is 236 g/mol. The quantitative estimate of drug-likeness (QED) is 0.731. The molecule has 1 amide bonds. The van der Waals surface area contributed by atoms with Gasteiger partial charge in [0, 0.05) is 13.1 Å². The fourth-order valence-corrected chi connectivity index (χ4v) is 3.67. The molecule has 0 bridgehead atoms. The third kappa shape index (κ3) is 3.11. The first kappa shape index (κ1) is 14.4. The zero-order chi connectivity index (χ0) is 13.7. The van der Waals surface area contributed by atoms with Gasteiger partial charge in [0.1, 0.15) is 5.41 Å². The highest BCUT2D eigenvalue weighted by molar-refractivity contribution is 5.85. The summed E-state index contributed by atoms with van der Waals surface area (Å²) < 4.78 is 0. The molecule has 1 unspecified atom stereocenters. The maximum atomic E-state index is 12.8. The smallest absolute Gasteiger partial charge is 0.243 e. The predicted octanol–water partition coefficient (Wildman–Crippen LogP) is 3.50. The van der Waals surface area contributed by atoms with Crippen LogP contribution < -0.4 is 0 Å². The highest BCUT2D eigenvalue weighted by atomic mass is 16.2. The van der Waals surface area contributed by atoms with Crippen LogP contribution >= 0.6 is 0 Å². The molecule has 19 heavy (non-hydrogen) atoms. The molecule has 1 aliphatic carbocycles. The maximum absolute atomic E-state index is 12.8. The lowest BCUT2D eigenvalue weighted by molar-refractivity contribution is -0.138. The molecule has 1 aliphatic heterocycles. The van der Waals surface area contributed by atoms with Crippen molar-refractivity contribution in [3.05, 3.63) is 0 Å². The monoisotopic (exact) mass is 262 g/mol. The van der Waals surface area contributed by atoms with Crippen molar-refractivity contribution < 1.29 is 4.79 Å². The van der Waals surface area contributed by atoms with Crippen molar-refractivity contribution in [3.63, 3.8) is 0 Å². The summed E-state index contributed by atoms with van der Waals surface area (Å²) in [6.45, 7) is 3.95. The Labute approximate surface area is 117 Å². The van der Waals surface area contributed by atoms with E-state index in [2.05, 4.69) is 13.0 Å². The van der Waals surface area contributed by atoms with E-state index in [9.17, 15) is 10.1 Å². The second kappa shape index (κ2) is 6.41. The summed E-state index contributed by atoms with van der Waals surface area (Å²) in [5.74, 6) is 0.797. The molecule has 106 valence electrons. The van der Waals surface area contributed by atoms with E-state index < -0.39 is 5.41 Å². The number of rotatable bonds is 3. The van der Waals surface area contributed by atoms with E-state index in [0.29, 0.717) is 5.92 Å². The minimum Gasteiger partial charge on any atom is -0.341 e. The molecule has 0 radical (unpaired) electrons. The third-order valence-electron chi connectivity index (χ3n) is 4.85. The lowest BCUT2D eigenvalue weighted by atomic mass is 9.80. The van der Waals surface area contributed by atoms with Crippen LogP contribution in [-0.4, -0.2) is 23.9 Å². The summed E-state index contributed by atoms with van der Waals surface area (Å²) in [6.07, 6.45) is 9.50. The minimum atomic E-state index is -0.697. The van der Waals surface area contributed by atoms with E-state index >= 15 is 0 Å². The molecule has 2 fully saturated rings. The molecule has 1 saturated carbocycles. The van der Waals surface area contributed by atoms with Gasteiger partial charge in [0.25, 0.3) is 0 Å². The molecule has 0 aromatic rings. The number of carbonyl (C=O) groups excluding carboxylic acids is 1. The number of carbonyl (C=O) groups is 1. The number of likely N-dealkylation sites (tertiary alicyclic amines) is 1. The van der Waals surface area contributed by atoms with Crippen LogP contribution in [0, 0.1) is 22.7 Å². The number of hydrogen-bond acceptors (Lipinski definition) is 2. The average Bonchev–Trinajstić information content (AvgIpc) is 2.75. The molecule has 3 heteroatoms. The van der Waals surface area contributed by atoms with Crippen LogP contribution in [0.25, 0.3) is 0 Å². The van der Waals surface area contributed by atoms with Crippen molar-refractivity contribution >= 4 is 5.91 Å². The second-order valence-electron chi connectivity index (χ2n) is 6.30. The lowest BCUT2D eigenvalue weighted by Crippen LogP contribution is -2.42. The van der Waals surface area contributed by atoms with Crippen LogP contribution in [0.5, 0.6) is 0 Å². The number of amides is 1. The molecule has 1 atom stereocenters. The highest BCUT2D eigenvalue weighted by Crippen LogP contribution is 2.37. The van der Waals surface area contributed by atoms with E-state index in [1.807, 2.05) is 4.90 Å². The van der Waals surface area contributed by atoms with Crippen molar-refractivity contribution in [1.29, 1.82) is 5.26 Å².